The zero-order valence-corrected chi connectivity index (χ0v) is 25.4. The number of pyridine rings is 1. The van der Waals surface area contributed by atoms with Gasteiger partial charge in [0.2, 0.25) is 0 Å². The minimum Gasteiger partial charge on any atom is -0.466 e. The van der Waals surface area contributed by atoms with Gasteiger partial charge in [-0.2, -0.15) is 0 Å². The van der Waals surface area contributed by atoms with Crippen molar-refractivity contribution in [2.45, 2.75) is 59.7 Å². The van der Waals surface area contributed by atoms with Crippen molar-refractivity contribution < 1.29 is 23.9 Å². The molecule has 2 aromatic carbocycles. The maximum Gasteiger partial charge on any atom is 0.309 e. The van der Waals surface area contributed by atoms with E-state index in [1.54, 1.807) is 44.2 Å². The highest BCUT2D eigenvalue weighted by atomic mass is 35.5. The van der Waals surface area contributed by atoms with Crippen LogP contribution in [-0.4, -0.2) is 34.6 Å². The number of halogens is 1. The molecule has 2 aromatic heterocycles. The minimum absolute atomic E-state index is 0.181. The standard InChI is InChI=1S/C35H38ClNO5/c1-5-10-28(34(40)41-6-2)19-25-20-30-21-27(17-18-37(30)22-25)32(39)35(3,4)33(42-23-24-11-8-7-9-12-24)31(38)26-13-15-29(36)16-14-26/h7-9,11-18,20-22,28,33H,5-6,10,19,23H2,1-4H3. The molecule has 2 unspecified atom stereocenters. The van der Waals surface area contributed by atoms with Gasteiger partial charge in [0.05, 0.1) is 24.5 Å². The van der Waals surface area contributed by atoms with Crippen LogP contribution in [0.15, 0.2) is 85.2 Å². The van der Waals surface area contributed by atoms with Gasteiger partial charge in [0.25, 0.3) is 0 Å². The number of Topliss-reactive ketones (excluding diaryl/α,β-unsaturated/α-hetero) is 2. The van der Waals surface area contributed by atoms with E-state index in [9.17, 15) is 14.4 Å². The Morgan fingerprint density at radius 3 is 2.29 bits per heavy atom. The lowest BCUT2D eigenvalue weighted by Crippen LogP contribution is -2.44. The molecule has 0 aliphatic carbocycles. The Morgan fingerprint density at radius 1 is 0.905 bits per heavy atom. The zero-order chi connectivity index (χ0) is 30.3. The number of ketones is 2. The van der Waals surface area contributed by atoms with Crippen molar-refractivity contribution >= 4 is 34.7 Å². The number of nitrogens with zero attached hydrogens (tertiary/aromatic N) is 1. The maximum absolute atomic E-state index is 14.1. The molecule has 220 valence electrons. The van der Waals surface area contributed by atoms with Crippen LogP contribution in [0.5, 0.6) is 0 Å². The number of hydrogen-bond donors (Lipinski definition) is 0. The van der Waals surface area contributed by atoms with Crippen molar-refractivity contribution in [1.29, 1.82) is 0 Å². The van der Waals surface area contributed by atoms with E-state index in [1.165, 1.54) is 0 Å². The third-order valence-electron chi connectivity index (χ3n) is 7.52. The molecule has 0 N–H and O–H groups in total. The average molecular weight is 588 g/mol. The van der Waals surface area contributed by atoms with Crippen molar-refractivity contribution in [2.75, 3.05) is 6.61 Å². The Morgan fingerprint density at radius 2 is 1.62 bits per heavy atom. The van der Waals surface area contributed by atoms with E-state index in [1.807, 2.05) is 66.2 Å². The molecule has 0 amide bonds. The summed E-state index contributed by atoms with van der Waals surface area (Å²) in [6.45, 7) is 7.91. The van der Waals surface area contributed by atoms with Gasteiger partial charge >= 0.3 is 5.97 Å². The Bertz CT molecular complexity index is 1520. The molecule has 0 fully saturated rings. The summed E-state index contributed by atoms with van der Waals surface area (Å²) in [7, 11) is 0. The first kappa shape index (κ1) is 31.2. The normalized spacial score (nSPS) is 13.1. The van der Waals surface area contributed by atoms with Crippen molar-refractivity contribution in [3.63, 3.8) is 0 Å². The van der Waals surface area contributed by atoms with Crippen molar-refractivity contribution in [2.24, 2.45) is 11.3 Å². The second-order valence-electron chi connectivity index (χ2n) is 11.1. The van der Waals surface area contributed by atoms with Gasteiger partial charge < -0.3 is 13.9 Å². The van der Waals surface area contributed by atoms with Crippen molar-refractivity contribution in [1.82, 2.24) is 4.40 Å². The van der Waals surface area contributed by atoms with E-state index in [-0.39, 0.29) is 30.1 Å². The largest absolute Gasteiger partial charge is 0.466 e. The lowest BCUT2D eigenvalue weighted by Gasteiger charge is -2.32. The van der Waals surface area contributed by atoms with E-state index >= 15 is 0 Å². The highest BCUT2D eigenvalue weighted by Gasteiger charge is 2.43. The Balaban J connectivity index is 1.61. The number of aromatic nitrogens is 1. The fourth-order valence-corrected chi connectivity index (χ4v) is 5.37. The van der Waals surface area contributed by atoms with Crippen LogP contribution >= 0.6 is 11.6 Å². The van der Waals surface area contributed by atoms with E-state index in [0.29, 0.717) is 29.2 Å². The number of ether oxygens (including phenoxy) is 2. The summed E-state index contributed by atoms with van der Waals surface area (Å²) in [5, 5.41) is 0.520. The maximum atomic E-state index is 14.1. The van der Waals surface area contributed by atoms with E-state index in [0.717, 1.165) is 29.5 Å². The smallest absolute Gasteiger partial charge is 0.309 e. The van der Waals surface area contributed by atoms with Gasteiger partial charge in [0, 0.05) is 34.1 Å². The number of benzene rings is 2. The second-order valence-corrected chi connectivity index (χ2v) is 11.6. The van der Waals surface area contributed by atoms with E-state index in [2.05, 4.69) is 6.92 Å². The molecule has 2 atom stereocenters. The van der Waals surface area contributed by atoms with Gasteiger partial charge in [-0.25, -0.2) is 0 Å². The number of esters is 1. The summed E-state index contributed by atoms with van der Waals surface area (Å²) in [5.74, 6) is -0.885. The molecule has 0 saturated carbocycles. The van der Waals surface area contributed by atoms with Crippen LogP contribution in [0, 0.1) is 11.3 Å². The van der Waals surface area contributed by atoms with Gasteiger partial charge in [-0.1, -0.05) is 55.3 Å². The number of carbonyl (C=O) groups is 3. The molecule has 42 heavy (non-hydrogen) atoms. The van der Waals surface area contributed by atoms with Gasteiger partial charge in [0.1, 0.15) is 6.10 Å². The first-order chi connectivity index (χ1) is 20.1. The summed E-state index contributed by atoms with van der Waals surface area (Å²) < 4.78 is 13.5. The quantitative estimate of drug-likeness (QED) is 0.111. The van der Waals surface area contributed by atoms with Crippen LogP contribution in [0.25, 0.3) is 5.52 Å². The van der Waals surface area contributed by atoms with Crippen LogP contribution in [-0.2, 0) is 27.3 Å². The predicted octanol–water partition coefficient (Wildman–Crippen LogP) is 7.79. The van der Waals surface area contributed by atoms with Gasteiger partial charge in [-0.05, 0) is 87.2 Å². The predicted molar refractivity (Wildman–Crippen MR) is 165 cm³/mol. The van der Waals surface area contributed by atoms with E-state index < -0.39 is 11.5 Å². The summed E-state index contributed by atoms with van der Waals surface area (Å²) in [4.78, 5) is 40.3. The third-order valence-corrected chi connectivity index (χ3v) is 7.77. The first-order valence-corrected chi connectivity index (χ1v) is 14.8. The molecule has 7 heteroatoms. The molecule has 0 bridgehead atoms. The van der Waals surface area contributed by atoms with Gasteiger partial charge in [0.15, 0.2) is 11.6 Å². The lowest BCUT2D eigenvalue weighted by molar-refractivity contribution is -0.148. The Kier molecular flexibility index (Phi) is 10.4. The van der Waals surface area contributed by atoms with E-state index in [4.69, 9.17) is 21.1 Å². The number of carbonyl (C=O) groups excluding carboxylic acids is 3. The molecule has 2 heterocycles. The molecular formula is C35H38ClNO5. The van der Waals surface area contributed by atoms with Crippen LogP contribution in [0.2, 0.25) is 5.02 Å². The lowest BCUT2D eigenvalue weighted by atomic mass is 9.76. The molecule has 0 radical (unpaired) electrons. The monoisotopic (exact) mass is 587 g/mol. The molecule has 4 aromatic rings. The summed E-state index contributed by atoms with van der Waals surface area (Å²) in [6, 6.07) is 21.8. The topological polar surface area (TPSA) is 74.1 Å². The van der Waals surface area contributed by atoms with Crippen molar-refractivity contribution in [3.05, 3.63) is 112 Å². The number of rotatable bonds is 14. The number of hydrogen-bond acceptors (Lipinski definition) is 5. The van der Waals surface area contributed by atoms with Crippen LogP contribution in [0.1, 0.15) is 72.4 Å². The SMILES string of the molecule is CCCC(Cc1cc2cc(C(=O)C(C)(C)C(OCc3ccccc3)C(=O)c3ccc(Cl)cc3)ccn2c1)C(=O)OCC. The molecule has 0 saturated heterocycles. The Labute approximate surface area is 252 Å². The highest BCUT2D eigenvalue weighted by molar-refractivity contribution is 6.30. The Hall–Kier alpha value is -3.74. The average Bonchev–Trinajstić information content (AvgIpc) is 3.39. The summed E-state index contributed by atoms with van der Waals surface area (Å²) >= 11 is 6.06. The first-order valence-electron chi connectivity index (χ1n) is 14.4. The molecule has 0 aliphatic rings. The van der Waals surface area contributed by atoms with Crippen molar-refractivity contribution in [3.8, 4) is 0 Å². The fraction of sp³-hybridized carbons (Fsp3) is 0.343. The van der Waals surface area contributed by atoms with Crippen LogP contribution < -0.4 is 0 Å². The summed E-state index contributed by atoms with van der Waals surface area (Å²) in [5.41, 5.74) is 2.44. The number of fused-ring (bicyclic) bond motifs is 1. The fourth-order valence-electron chi connectivity index (χ4n) is 5.24. The summed E-state index contributed by atoms with van der Waals surface area (Å²) in [6.07, 6.45) is 4.97. The molecule has 6 nitrogen and oxygen atoms in total. The molecule has 0 spiro atoms. The second kappa shape index (κ2) is 14.0. The van der Waals surface area contributed by atoms with Gasteiger partial charge in [-0.15, -0.1) is 0 Å². The minimum atomic E-state index is -1.19. The molecule has 4 rings (SSSR count). The van der Waals surface area contributed by atoms with Crippen LogP contribution in [0.3, 0.4) is 0 Å². The third kappa shape index (κ3) is 7.36. The van der Waals surface area contributed by atoms with Crippen LogP contribution in [0.4, 0.5) is 0 Å². The highest BCUT2D eigenvalue weighted by Crippen LogP contribution is 2.33. The van der Waals surface area contributed by atoms with Gasteiger partial charge in [-0.3, -0.25) is 14.4 Å². The molecule has 0 aliphatic heterocycles. The molecular weight excluding hydrogens is 550 g/mol. The zero-order valence-electron chi connectivity index (χ0n) is 24.6.